The number of anilines is 1. The first-order valence-electron chi connectivity index (χ1n) is 3.99. The lowest BCUT2D eigenvalue weighted by Gasteiger charge is -2.07. The molecule has 92 valence electrons. The molecule has 2 N–H and O–H groups in total. The molecule has 9 heteroatoms. The van der Waals surface area contributed by atoms with Crippen LogP contribution in [-0.2, 0) is 4.79 Å². The molecule has 1 rings (SSSR count). The molecule has 0 radical (unpaired) electrons. The van der Waals surface area contributed by atoms with E-state index in [1.807, 2.05) is 0 Å². The lowest BCUT2D eigenvalue weighted by atomic mass is 10.3. The van der Waals surface area contributed by atoms with Crippen molar-refractivity contribution in [2.24, 2.45) is 0 Å². The summed E-state index contributed by atoms with van der Waals surface area (Å²) in [5, 5.41) is 9.61. The molecule has 0 aliphatic rings. The van der Waals surface area contributed by atoms with Crippen molar-refractivity contribution < 1.29 is 32.3 Å². The number of pyridine rings is 1. The number of rotatable bonds is 2. The van der Waals surface area contributed by atoms with Gasteiger partial charge >= 0.3 is 18.1 Å². The van der Waals surface area contributed by atoms with Crippen molar-refractivity contribution in [2.45, 2.75) is 6.18 Å². The van der Waals surface area contributed by atoms with Crippen LogP contribution in [0.5, 0.6) is 0 Å². The number of nitrogens with one attached hydrogen (secondary N) is 1. The van der Waals surface area contributed by atoms with Gasteiger partial charge in [-0.15, -0.1) is 0 Å². The summed E-state index contributed by atoms with van der Waals surface area (Å²) in [6.07, 6.45) is -4.56. The van der Waals surface area contributed by atoms with Crippen molar-refractivity contribution in [2.75, 3.05) is 5.32 Å². The van der Waals surface area contributed by atoms with Crippen LogP contribution in [0.4, 0.5) is 23.4 Å². The second kappa shape index (κ2) is 4.36. The number of carboxylic acid groups (broad SMARTS) is 1. The average molecular weight is 252 g/mol. The highest BCUT2D eigenvalue weighted by Crippen LogP contribution is 2.19. The fourth-order valence-electron chi connectivity index (χ4n) is 0.825. The van der Waals surface area contributed by atoms with E-state index in [-0.39, 0.29) is 0 Å². The van der Waals surface area contributed by atoms with E-state index in [2.05, 4.69) is 4.98 Å². The summed E-state index contributed by atoms with van der Waals surface area (Å²) < 4.78 is 48.5. The number of halogens is 4. The van der Waals surface area contributed by atoms with Gasteiger partial charge in [0, 0.05) is 6.20 Å². The second-order valence-corrected chi connectivity index (χ2v) is 2.81. The molecule has 0 aliphatic heterocycles. The van der Waals surface area contributed by atoms with Gasteiger partial charge in [0.25, 0.3) is 0 Å². The zero-order valence-electron chi connectivity index (χ0n) is 7.88. The highest BCUT2D eigenvalue weighted by molar-refractivity contribution is 5.94. The summed E-state index contributed by atoms with van der Waals surface area (Å²) in [5.41, 5.74) is -0.549. The predicted molar refractivity (Wildman–Crippen MR) is 45.8 cm³/mol. The van der Waals surface area contributed by atoms with Gasteiger partial charge in [0.2, 0.25) is 0 Å². The molecule has 0 unspecified atom stereocenters. The number of aromatic carboxylic acids is 1. The van der Waals surface area contributed by atoms with E-state index in [1.54, 1.807) is 0 Å². The maximum atomic E-state index is 13.1. The lowest BCUT2D eigenvalue weighted by molar-refractivity contribution is -0.167. The first-order chi connectivity index (χ1) is 7.71. The van der Waals surface area contributed by atoms with Gasteiger partial charge in [0.15, 0.2) is 11.6 Å². The number of alkyl halides is 3. The zero-order chi connectivity index (χ0) is 13.2. The molecule has 1 amide bonds. The molecule has 0 fully saturated rings. The Morgan fingerprint density at radius 3 is 2.35 bits per heavy atom. The van der Waals surface area contributed by atoms with Crippen LogP contribution in [0.3, 0.4) is 0 Å². The molecule has 1 aromatic heterocycles. The topological polar surface area (TPSA) is 79.3 Å². The van der Waals surface area contributed by atoms with Crippen LogP contribution in [0.15, 0.2) is 12.3 Å². The van der Waals surface area contributed by atoms with Gasteiger partial charge in [-0.3, -0.25) is 4.79 Å². The third-order valence-electron chi connectivity index (χ3n) is 1.58. The van der Waals surface area contributed by atoms with Gasteiger partial charge in [-0.1, -0.05) is 0 Å². The minimum atomic E-state index is -5.18. The predicted octanol–water partition coefficient (Wildman–Crippen LogP) is 1.42. The van der Waals surface area contributed by atoms with Crippen molar-refractivity contribution in [3.63, 3.8) is 0 Å². The van der Waals surface area contributed by atoms with E-state index in [1.165, 1.54) is 5.32 Å². The van der Waals surface area contributed by atoms with Crippen LogP contribution in [0.2, 0.25) is 0 Å². The van der Waals surface area contributed by atoms with Crippen LogP contribution in [0, 0.1) is 5.82 Å². The van der Waals surface area contributed by atoms with Crippen LogP contribution in [0.25, 0.3) is 0 Å². The molecule has 0 aromatic carbocycles. The normalized spacial score (nSPS) is 11.1. The standard InChI is InChI=1S/C8H4F4N2O3/c9-4-1-3(6(15)16)2-13-5(4)14-7(17)8(10,11)12/h1-2H,(H,15,16)(H,13,14,17). The molecule has 1 heterocycles. The molecule has 0 saturated carbocycles. The molecule has 17 heavy (non-hydrogen) atoms. The summed E-state index contributed by atoms with van der Waals surface area (Å²) in [5.74, 6) is -6.25. The van der Waals surface area contributed by atoms with E-state index in [0.29, 0.717) is 12.3 Å². The number of carboxylic acids is 1. The van der Waals surface area contributed by atoms with Crippen molar-refractivity contribution in [1.82, 2.24) is 4.98 Å². The molecule has 0 spiro atoms. The number of carbonyl (C=O) groups is 2. The van der Waals surface area contributed by atoms with Crippen LogP contribution in [-0.4, -0.2) is 28.1 Å². The lowest BCUT2D eigenvalue weighted by Crippen LogP contribution is -2.30. The van der Waals surface area contributed by atoms with Crippen molar-refractivity contribution >= 4 is 17.7 Å². The van der Waals surface area contributed by atoms with Crippen molar-refractivity contribution in [1.29, 1.82) is 0 Å². The number of amides is 1. The van der Waals surface area contributed by atoms with E-state index < -0.39 is 35.3 Å². The molecule has 0 atom stereocenters. The Balaban J connectivity index is 2.95. The Morgan fingerprint density at radius 2 is 1.94 bits per heavy atom. The summed E-state index contributed by atoms with van der Waals surface area (Å²) in [6.45, 7) is 0. The minimum Gasteiger partial charge on any atom is -0.478 e. The Labute approximate surface area is 91.1 Å². The number of aromatic nitrogens is 1. The highest BCUT2D eigenvalue weighted by atomic mass is 19.4. The Morgan fingerprint density at radius 1 is 1.35 bits per heavy atom. The van der Waals surface area contributed by atoms with Gasteiger partial charge in [-0.05, 0) is 6.07 Å². The molecule has 1 aromatic rings. The third-order valence-corrected chi connectivity index (χ3v) is 1.58. The van der Waals surface area contributed by atoms with Crippen LogP contribution in [0.1, 0.15) is 10.4 Å². The monoisotopic (exact) mass is 252 g/mol. The minimum absolute atomic E-state index is 0.446. The SMILES string of the molecule is O=C(O)c1cnc(NC(=O)C(F)(F)F)c(F)c1. The fourth-order valence-corrected chi connectivity index (χ4v) is 0.825. The van der Waals surface area contributed by atoms with Gasteiger partial charge in [-0.2, -0.15) is 13.2 Å². The third kappa shape index (κ3) is 3.13. The van der Waals surface area contributed by atoms with Gasteiger partial charge < -0.3 is 10.4 Å². The number of hydrogen-bond donors (Lipinski definition) is 2. The fraction of sp³-hybridized carbons (Fsp3) is 0.125. The van der Waals surface area contributed by atoms with Crippen LogP contribution >= 0.6 is 0 Å². The first-order valence-corrected chi connectivity index (χ1v) is 3.99. The molecular formula is C8H4F4N2O3. The van der Waals surface area contributed by atoms with E-state index in [9.17, 15) is 27.2 Å². The number of hydrogen-bond acceptors (Lipinski definition) is 3. The Hall–Kier alpha value is -2.19. The summed E-state index contributed by atoms with van der Waals surface area (Å²) >= 11 is 0. The zero-order valence-corrected chi connectivity index (χ0v) is 7.88. The maximum Gasteiger partial charge on any atom is 0.471 e. The average Bonchev–Trinajstić information content (AvgIpc) is 2.19. The molecule has 5 nitrogen and oxygen atoms in total. The van der Waals surface area contributed by atoms with E-state index in [0.717, 1.165) is 0 Å². The Kier molecular flexibility index (Phi) is 3.30. The number of nitrogens with zero attached hydrogens (tertiary/aromatic N) is 1. The van der Waals surface area contributed by atoms with Gasteiger partial charge in [0.1, 0.15) is 0 Å². The van der Waals surface area contributed by atoms with E-state index in [4.69, 9.17) is 5.11 Å². The van der Waals surface area contributed by atoms with Gasteiger partial charge in [0.05, 0.1) is 5.56 Å². The molecule has 0 bridgehead atoms. The van der Waals surface area contributed by atoms with Gasteiger partial charge in [-0.25, -0.2) is 14.2 Å². The molecule has 0 saturated heterocycles. The quantitative estimate of drug-likeness (QED) is 0.780. The molecule has 0 aliphatic carbocycles. The summed E-state index contributed by atoms with van der Waals surface area (Å²) in [6, 6.07) is 0.446. The summed E-state index contributed by atoms with van der Waals surface area (Å²) in [7, 11) is 0. The number of carbonyl (C=O) groups excluding carboxylic acids is 1. The van der Waals surface area contributed by atoms with Crippen LogP contribution < -0.4 is 5.32 Å². The maximum absolute atomic E-state index is 13.1. The smallest absolute Gasteiger partial charge is 0.471 e. The molecular weight excluding hydrogens is 248 g/mol. The van der Waals surface area contributed by atoms with Crippen molar-refractivity contribution in [3.8, 4) is 0 Å². The second-order valence-electron chi connectivity index (χ2n) is 2.81. The highest BCUT2D eigenvalue weighted by Gasteiger charge is 2.39. The summed E-state index contributed by atoms with van der Waals surface area (Å²) in [4.78, 5) is 23.9. The Bertz CT molecular complexity index is 472. The van der Waals surface area contributed by atoms with E-state index >= 15 is 0 Å². The first kappa shape index (κ1) is 12.9. The van der Waals surface area contributed by atoms with Crippen molar-refractivity contribution in [3.05, 3.63) is 23.6 Å². The largest absolute Gasteiger partial charge is 0.478 e.